The van der Waals surface area contributed by atoms with Crippen LogP contribution < -0.4 is 0 Å². The number of hydrogen-bond acceptors (Lipinski definition) is 1. The molecule has 1 nitrogen and oxygen atoms in total. The Hall–Kier alpha value is -1.76. The predicted octanol–water partition coefficient (Wildman–Crippen LogP) is 4.72. The van der Waals surface area contributed by atoms with Gasteiger partial charge in [-0.05, 0) is 60.1 Å². The van der Waals surface area contributed by atoms with Crippen molar-refractivity contribution in [2.24, 2.45) is 0 Å². The van der Waals surface area contributed by atoms with Crippen molar-refractivity contribution in [3.63, 3.8) is 0 Å². The highest BCUT2D eigenvalue weighted by Crippen LogP contribution is 2.31. The highest BCUT2D eigenvalue weighted by Gasteiger charge is 2.13. The second-order valence-corrected chi connectivity index (χ2v) is 5.54. The van der Waals surface area contributed by atoms with E-state index in [9.17, 15) is 5.11 Å². The molecule has 0 amide bonds. The first-order valence-corrected chi connectivity index (χ1v) is 6.86. The molecule has 1 heteroatoms. The zero-order valence-corrected chi connectivity index (χ0v) is 12.2. The van der Waals surface area contributed by atoms with Crippen molar-refractivity contribution in [2.75, 3.05) is 0 Å². The molecule has 1 N–H and O–H groups in total. The van der Waals surface area contributed by atoms with Gasteiger partial charge in [-0.15, -0.1) is 0 Å². The van der Waals surface area contributed by atoms with Crippen LogP contribution in [0.25, 0.3) is 0 Å². The SMILES string of the molecule is Cc1ccccc1Cc1ccc(O)c(C(C)C)c1C. The molecule has 0 aromatic heterocycles. The lowest BCUT2D eigenvalue weighted by molar-refractivity contribution is 0.463. The first-order valence-electron chi connectivity index (χ1n) is 6.86. The van der Waals surface area contributed by atoms with Gasteiger partial charge >= 0.3 is 0 Å². The Morgan fingerprint density at radius 3 is 2.26 bits per heavy atom. The molecule has 0 radical (unpaired) electrons. The first kappa shape index (κ1) is 13.7. The molecular formula is C18H22O. The van der Waals surface area contributed by atoms with Crippen molar-refractivity contribution in [2.45, 2.75) is 40.0 Å². The van der Waals surface area contributed by atoms with Crippen molar-refractivity contribution in [1.82, 2.24) is 0 Å². The molecule has 0 bridgehead atoms. The number of aromatic hydroxyl groups is 1. The van der Waals surface area contributed by atoms with Crippen LogP contribution in [0.3, 0.4) is 0 Å². The fraction of sp³-hybridized carbons (Fsp3) is 0.333. The summed E-state index contributed by atoms with van der Waals surface area (Å²) in [4.78, 5) is 0. The summed E-state index contributed by atoms with van der Waals surface area (Å²) >= 11 is 0. The number of phenols is 1. The topological polar surface area (TPSA) is 20.2 Å². The monoisotopic (exact) mass is 254 g/mol. The molecule has 0 fully saturated rings. The molecule has 2 aromatic rings. The van der Waals surface area contributed by atoms with Gasteiger partial charge in [0, 0.05) is 0 Å². The van der Waals surface area contributed by atoms with E-state index in [0.717, 1.165) is 12.0 Å². The largest absolute Gasteiger partial charge is 0.508 e. The maximum absolute atomic E-state index is 10.0. The van der Waals surface area contributed by atoms with E-state index in [2.05, 4.69) is 52.0 Å². The Bertz CT molecular complexity index is 582. The smallest absolute Gasteiger partial charge is 0.119 e. The van der Waals surface area contributed by atoms with Crippen molar-refractivity contribution in [1.29, 1.82) is 0 Å². The summed E-state index contributed by atoms with van der Waals surface area (Å²) < 4.78 is 0. The molecule has 0 unspecified atom stereocenters. The van der Waals surface area contributed by atoms with Crippen molar-refractivity contribution < 1.29 is 5.11 Å². The quantitative estimate of drug-likeness (QED) is 0.840. The van der Waals surface area contributed by atoms with E-state index in [1.54, 1.807) is 0 Å². The van der Waals surface area contributed by atoms with E-state index >= 15 is 0 Å². The van der Waals surface area contributed by atoms with Gasteiger partial charge in [0.2, 0.25) is 0 Å². The van der Waals surface area contributed by atoms with Crippen LogP contribution in [-0.2, 0) is 6.42 Å². The molecule has 2 aromatic carbocycles. The minimum absolute atomic E-state index is 0.344. The van der Waals surface area contributed by atoms with Gasteiger partial charge in [-0.1, -0.05) is 44.2 Å². The van der Waals surface area contributed by atoms with Crippen molar-refractivity contribution in [3.8, 4) is 5.75 Å². The highest BCUT2D eigenvalue weighted by molar-refractivity contribution is 5.47. The minimum atomic E-state index is 0.344. The van der Waals surface area contributed by atoms with Gasteiger partial charge in [-0.3, -0.25) is 0 Å². The highest BCUT2D eigenvalue weighted by atomic mass is 16.3. The van der Waals surface area contributed by atoms with Gasteiger partial charge in [0.15, 0.2) is 0 Å². The average molecular weight is 254 g/mol. The molecule has 0 heterocycles. The van der Waals surface area contributed by atoms with Crippen LogP contribution in [-0.4, -0.2) is 5.11 Å². The van der Waals surface area contributed by atoms with E-state index in [4.69, 9.17) is 0 Å². The number of aryl methyl sites for hydroxylation is 1. The summed E-state index contributed by atoms with van der Waals surface area (Å²) in [5, 5.41) is 10.0. The molecule has 0 aliphatic heterocycles. The lowest BCUT2D eigenvalue weighted by Gasteiger charge is -2.16. The van der Waals surface area contributed by atoms with Crippen LogP contribution in [0.5, 0.6) is 5.75 Å². The van der Waals surface area contributed by atoms with Crippen LogP contribution in [0.1, 0.15) is 47.6 Å². The maximum atomic E-state index is 10.0. The molecule has 0 saturated carbocycles. The third-order valence-corrected chi connectivity index (χ3v) is 3.82. The molecule has 2 rings (SSSR count). The maximum Gasteiger partial charge on any atom is 0.119 e. The third-order valence-electron chi connectivity index (χ3n) is 3.82. The Morgan fingerprint density at radius 1 is 0.947 bits per heavy atom. The number of rotatable bonds is 3. The Labute approximate surface area is 115 Å². The fourth-order valence-electron chi connectivity index (χ4n) is 2.69. The summed E-state index contributed by atoms with van der Waals surface area (Å²) in [6.07, 6.45) is 0.929. The van der Waals surface area contributed by atoms with E-state index in [-0.39, 0.29) is 0 Å². The van der Waals surface area contributed by atoms with Gasteiger partial charge in [-0.2, -0.15) is 0 Å². The van der Waals surface area contributed by atoms with Crippen LogP contribution >= 0.6 is 0 Å². The Kier molecular flexibility index (Phi) is 3.94. The average Bonchev–Trinajstić information content (AvgIpc) is 2.35. The summed E-state index contributed by atoms with van der Waals surface area (Å²) in [5.41, 5.74) is 6.27. The van der Waals surface area contributed by atoms with Crippen LogP contribution in [0.4, 0.5) is 0 Å². The van der Waals surface area contributed by atoms with Gasteiger partial charge in [0.05, 0.1) is 0 Å². The van der Waals surface area contributed by atoms with E-state index < -0.39 is 0 Å². The lowest BCUT2D eigenvalue weighted by atomic mass is 9.90. The number of benzene rings is 2. The van der Waals surface area contributed by atoms with Crippen molar-refractivity contribution >= 4 is 0 Å². The molecule has 100 valence electrons. The molecule has 0 spiro atoms. The second kappa shape index (κ2) is 5.48. The van der Waals surface area contributed by atoms with Crippen LogP contribution in [0.15, 0.2) is 36.4 Å². The van der Waals surface area contributed by atoms with Gasteiger partial charge in [-0.25, -0.2) is 0 Å². The normalized spacial score (nSPS) is 11.0. The van der Waals surface area contributed by atoms with E-state index in [1.165, 1.54) is 22.3 Å². The predicted molar refractivity (Wildman–Crippen MR) is 80.9 cm³/mol. The zero-order valence-electron chi connectivity index (χ0n) is 12.2. The molecule has 0 saturated heterocycles. The number of phenolic OH excluding ortho intramolecular Hbond substituents is 1. The zero-order chi connectivity index (χ0) is 14.0. The molecule has 0 aliphatic carbocycles. The Balaban J connectivity index is 2.42. The van der Waals surface area contributed by atoms with Crippen molar-refractivity contribution in [3.05, 3.63) is 64.2 Å². The van der Waals surface area contributed by atoms with E-state index in [1.807, 2.05) is 12.1 Å². The fourth-order valence-corrected chi connectivity index (χ4v) is 2.69. The van der Waals surface area contributed by atoms with Gasteiger partial charge in [0.25, 0.3) is 0 Å². The third kappa shape index (κ3) is 2.81. The molecular weight excluding hydrogens is 232 g/mol. The summed E-state index contributed by atoms with van der Waals surface area (Å²) in [7, 11) is 0. The van der Waals surface area contributed by atoms with Crippen LogP contribution in [0.2, 0.25) is 0 Å². The minimum Gasteiger partial charge on any atom is -0.508 e. The van der Waals surface area contributed by atoms with Crippen LogP contribution in [0, 0.1) is 13.8 Å². The summed E-state index contributed by atoms with van der Waals surface area (Å²) in [6.45, 7) is 8.51. The summed E-state index contributed by atoms with van der Waals surface area (Å²) in [6, 6.07) is 12.4. The lowest BCUT2D eigenvalue weighted by Crippen LogP contribution is -2.00. The molecule has 19 heavy (non-hydrogen) atoms. The molecule has 0 atom stereocenters. The first-order chi connectivity index (χ1) is 9.00. The number of hydrogen-bond donors (Lipinski definition) is 1. The van der Waals surface area contributed by atoms with Gasteiger partial charge in [0.1, 0.15) is 5.75 Å². The standard InChI is InChI=1S/C18H22O/c1-12(2)18-14(4)16(9-10-17(18)19)11-15-8-6-5-7-13(15)3/h5-10,12,19H,11H2,1-4H3. The van der Waals surface area contributed by atoms with E-state index in [0.29, 0.717) is 11.7 Å². The summed E-state index contributed by atoms with van der Waals surface area (Å²) in [5.74, 6) is 0.762. The molecule has 0 aliphatic rings. The Morgan fingerprint density at radius 2 is 1.63 bits per heavy atom. The van der Waals surface area contributed by atoms with Gasteiger partial charge < -0.3 is 5.11 Å². The second-order valence-electron chi connectivity index (χ2n) is 5.54.